The Labute approximate surface area is 103 Å². The van der Waals surface area contributed by atoms with Gasteiger partial charge < -0.3 is 10.4 Å². The Kier molecular flexibility index (Phi) is 3.47. The number of aromatic hydroxyl groups is 1. The second kappa shape index (κ2) is 5.03. The second-order valence-corrected chi connectivity index (χ2v) is 4.41. The van der Waals surface area contributed by atoms with Gasteiger partial charge in [0, 0.05) is 22.3 Å². The highest BCUT2D eigenvalue weighted by atomic mass is 79.9. The molecule has 2 rings (SSSR count). The average molecular weight is 278 g/mol. The third-order valence-corrected chi connectivity index (χ3v) is 2.79. The molecule has 0 aliphatic rings. The van der Waals surface area contributed by atoms with Gasteiger partial charge in [-0.15, -0.1) is 0 Å². The quantitative estimate of drug-likeness (QED) is 0.895. The molecule has 0 saturated carbocycles. The summed E-state index contributed by atoms with van der Waals surface area (Å²) < 4.78 is 0.968. The second-order valence-electron chi connectivity index (χ2n) is 3.49. The molecule has 0 aliphatic heterocycles. The lowest BCUT2D eigenvalue weighted by atomic mass is 10.2. The zero-order valence-corrected chi connectivity index (χ0v) is 10.2. The highest BCUT2D eigenvalue weighted by Gasteiger charge is 2.01. The Balaban J connectivity index is 2.08. The van der Waals surface area contributed by atoms with E-state index in [1.807, 2.05) is 42.5 Å². The number of rotatable bonds is 3. The van der Waals surface area contributed by atoms with Crippen LogP contribution in [0.4, 0.5) is 5.69 Å². The average Bonchev–Trinajstić information content (AvgIpc) is 2.32. The van der Waals surface area contributed by atoms with Crippen molar-refractivity contribution in [2.24, 2.45) is 0 Å². The molecule has 0 aliphatic carbocycles. The van der Waals surface area contributed by atoms with Crippen LogP contribution in [0.1, 0.15) is 5.56 Å². The molecule has 0 amide bonds. The zero-order chi connectivity index (χ0) is 11.4. The Bertz CT molecular complexity index is 471. The number of benzene rings is 2. The molecule has 0 radical (unpaired) electrons. The molecule has 0 fully saturated rings. The van der Waals surface area contributed by atoms with Crippen molar-refractivity contribution in [2.45, 2.75) is 6.54 Å². The van der Waals surface area contributed by atoms with Crippen LogP contribution in [0.2, 0.25) is 0 Å². The van der Waals surface area contributed by atoms with E-state index in [4.69, 9.17) is 0 Å². The molecular formula is C13H12BrNO. The van der Waals surface area contributed by atoms with Gasteiger partial charge in [0.15, 0.2) is 0 Å². The number of nitrogens with one attached hydrogen (secondary N) is 1. The maximum atomic E-state index is 9.65. The van der Waals surface area contributed by atoms with E-state index in [0.29, 0.717) is 12.3 Å². The number of para-hydroxylation sites is 1. The molecule has 0 saturated heterocycles. The Morgan fingerprint density at radius 3 is 2.56 bits per heavy atom. The summed E-state index contributed by atoms with van der Waals surface area (Å²) in [6, 6.07) is 15.3. The van der Waals surface area contributed by atoms with Crippen LogP contribution < -0.4 is 5.32 Å². The summed E-state index contributed by atoms with van der Waals surface area (Å²) in [6.07, 6.45) is 0. The van der Waals surface area contributed by atoms with Gasteiger partial charge in [0.1, 0.15) is 5.75 Å². The van der Waals surface area contributed by atoms with Gasteiger partial charge in [-0.3, -0.25) is 0 Å². The molecule has 82 valence electrons. The summed E-state index contributed by atoms with van der Waals surface area (Å²) in [7, 11) is 0. The van der Waals surface area contributed by atoms with E-state index < -0.39 is 0 Å². The summed E-state index contributed by atoms with van der Waals surface area (Å²) in [6.45, 7) is 0.606. The Morgan fingerprint density at radius 1 is 1.06 bits per heavy atom. The third-order valence-electron chi connectivity index (χ3n) is 2.30. The zero-order valence-electron chi connectivity index (χ0n) is 8.65. The minimum absolute atomic E-state index is 0.312. The number of halogens is 1. The first-order valence-electron chi connectivity index (χ1n) is 5.02. The lowest BCUT2D eigenvalue weighted by molar-refractivity contribution is 0.469. The fourth-order valence-corrected chi connectivity index (χ4v) is 1.86. The molecule has 2 aromatic rings. The monoisotopic (exact) mass is 277 g/mol. The maximum Gasteiger partial charge on any atom is 0.120 e. The van der Waals surface area contributed by atoms with Crippen LogP contribution in [0.15, 0.2) is 53.0 Å². The Hall–Kier alpha value is -1.48. The van der Waals surface area contributed by atoms with E-state index in [2.05, 4.69) is 21.2 Å². The van der Waals surface area contributed by atoms with Crippen molar-refractivity contribution >= 4 is 21.6 Å². The standard InChI is InChI=1S/C13H12BrNO/c14-11-6-7-13(16)10(8-11)9-15-12-4-2-1-3-5-12/h1-8,15-16H,9H2. The molecule has 0 bridgehead atoms. The minimum atomic E-state index is 0.312. The van der Waals surface area contributed by atoms with E-state index >= 15 is 0 Å². The van der Waals surface area contributed by atoms with Crippen LogP contribution in [0.3, 0.4) is 0 Å². The predicted octanol–water partition coefficient (Wildman–Crippen LogP) is 3.77. The third kappa shape index (κ3) is 2.76. The van der Waals surface area contributed by atoms with Gasteiger partial charge in [-0.25, -0.2) is 0 Å². The molecule has 3 heteroatoms. The van der Waals surface area contributed by atoms with Crippen LogP contribution in [-0.2, 0) is 6.54 Å². The van der Waals surface area contributed by atoms with Crippen molar-refractivity contribution in [1.29, 1.82) is 0 Å². The van der Waals surface area contributed by atoms with Gasteiger partial charge in [-0.1, -0.05) is 34.1 Å². The van der Waals surface area contributed by atoms with Gasteiger partial charge in [0.25, 0.3) is 0 Å². The highest BCUT2D eigenvalue weighted by Crippen LogP contribution is 2.22. The molecule has 0 heterocycles. The Morgan fingerprint density at radius 2 is 1.81 bits per heavy atom. The SMILES string of the molecule is Oc1ccc(Br)cc1CNc1ccccc1. The van der Waals surface area contributed by atoms with Gasteiger partial charge >= 0.3 is 0 Å². The molecule has 2 nitrogen and oxygen atoms in total. The first kappa shape index (κ1) is 11.0. The largest absolute Gasteiger partial charge is 0.508 e. The first-order chi connectivity index (χ1) is 7.75. The predicted molar refractivity (Wildman–Crippen MR) is 69.6 cm³/mol. The first-order valence-corrected chi connectivity index (χ1v) is 5.81. The van der Waals surface area contributed by atoms with Gasteiger partial charge in [0.2, 0.25) is 0 Å². The summed E-state index contributed by atoms with van der Waals surface area (Å²) >= 11 is 3.38. The van der Waals surface area contributed by atoms with Crippen LogP contribution in [0.5, 0.6) is 5.75 Å². The van der Waals surface area contributed by atoms with Crippen molar-refractivity contribution in [1.82, 2.24) is 0 Å². The lowest BCUT2D eigenvalue weighted by Gasteiger charge is -2.08. The number of anilines is 1. The lowest BCUT2D eigenvalue weighted by Crippen LogP contribution is -1.99. The van der Waals surface area contributed by atoms with Crippen molar-refractivity contribution in [3.05, 3.63) is 58.6 Å². The summed E-state index contributed by atoms with van der Waals surface area (Å²) in [5.74, 6) is 0.312. The molecule has 0 unspecified atom stereocenters. The smallest absolute Gasteiger partial charge is 0.120 e. The van der Waals surface area contributed by atoms with Crippen LogP contribution in [0.25, 0.3) is 0 Å². The van der Waals surface area contributed by atoms with E-state index in [9.17, 15) is 5.11 Å². The molecular weight excluding hydrogens is 266 g/mol. The molecule has 2 N–H and O–H groups in total. The van der Waals surface area contributed by atoms with Gasteiger partial charge in [0.05, 0.1) is 0 Å². The number of phenols is 1. The summed E-state index contributed by atoms with van der Waals surface area (Å²) in [5.41, 5.74) is 1.92. The van der Waals surface area contributed by atoms with E-state index in [0.717, 1.165) is 15.7 Å². The number of hydrogen-bond acceptors (Lipinski definition) is 2. The summed E-state index contributed by atoms with van der Waals surface area (Å²) in [5, 5.41) is 12.9. The van der Waals surface area contributed by atoms with Crippen LogP contribution in [0, 0.1) is 0 Å². The fraction of sp³-hybridized carbons (Fsp3) is 0.0769. The van der Waals surface area contributed by atoms with Gasteiger partial charge in [-0.05, 0) is 30.3 Å². The van der Waals surface area contributed by atoms with Crippen LogP contribution in [-0.4, -0.2) is 5.11 Å². The molecule has 0 aromatic heterocycles. The fourth-order valence-electron chi connectivity index (χ4n) is 1.45. The van der Waals surface area contributed by atoms with Crippen molar-refractivity contribution in [3.8, 4) is 5.75 Å². The molecule has 2 aromatic carbocycles. The topological polar surface area (TPSA) is 32.3 Å². The number of hydrogen-bond donors (Lipinski definition) is 2. The normalized spacial score (nSPS) is 10.1. The highest BCUT2D eigenvalue weighted by molar-refractivity contribution is 9.10. The van der Waals surface area contributed by atoms with E-state index in [-0.39, 0.29) is 0 Å². The van der Waals surface area contributed by atoms with Crippen molar-refractivity contribution in [2.75, 3.05) is 5.32 Å². The van der Waals surface area contributed by atoms with E-state index in [1.165, 1.54) is 0 Å². The maximum absolute atomic E-state index is 9.65. The number of phenolic OH excluding ortho intramolecular Hbond substituents is 1. The van der Waals surface area contributed by atoms with Crippen molar-refractivity contribution in [3.63, 3.8) is 0 Å². The molecule has 0 atom stereocenters. The summed E-state index contributed by atoms with van der Waals surface area (Å²) in [4.78, 5) is 0. The molecule has 16 heavy (non-hydrogen) atoms. The van der Waals surface area contributed by atoms with Crippen LogP contribution >= 0.6 is 15.9 Å². The minimum Gasteiger partial charge on any atom is -0.508 e. The molecule has 0 spiro atoms. The van der Waals surface area contributed by atoms with Gasteiger partial charge in [-0.2, -0.15) is 0 Å². The van der Waals surface area contributed by atoms with E-state index in [1.54, 1.807) is 6.07 Å². The van der Waals surface area contributed by atoms with Crippen molar-refractivity contribution < 1.29 is 5.11 Å².